The molecule has 5 heteroatoms. The summed E-state index contributed by atoms with van der Waals surface area (Å²) in [6.45, 7) is 0.815. The van der Waals surface area contributed by atoms with Gasteiger partial charge in [0.2, 0.25) is 0 Å². The molecule has 2 aromatic heterocycles. The lowest BCUT2D eigenvalue weighted by atomic mass is 10.3. The van der Waals surface area contributed by atoms with Crippen LogP contribution in [0.4, 0.5) is 0 Å². The van der Waals surface area contributed by atoms with E-state index in [2.05, 4.69) is 53.8 Å². The summed E-state index contributed by atoms with van der Waals surface area (Å²) in [5.74, 6) is 0. The third-order valence-electron chi connectivity index (χ3n) is 1.61. The first-order chi connectivity index (χ1) is 6.25. The van der Waals surface area contributed by atoms with E-state index in [0.717, 1.165) is 15.8 Å². The lowest BCUT2D eigenvalue weighted by molar-refractivity contribution is 0.668. The summed E-state index contributed by atoms with van der Waals surface area (Å²) in [7, 11) is 0. The number of rotatable bonds is 2. The van der Waals surface area contributed by atoms with Crippen LogP contribution in [0.15, 0.2) is 32.1 Å². The van der Waals surface area contributed by atoms with Gasteiger partial charge in [-0.2, -0.15) is 16.4 Å². The molecule has 0 saturated carbocycles. The Morgan fingerprint density at radius 2 is 2.31 bits per heavy atom. The number of thiophene rings is 1. The van der Waals surface area contributed by atoms with E-state index in [1.54, 1.807) is 11.3 Å². The van der Waals surface area contributed by atoms with Crippen LogP contribution in [0, 0.1) is 0 Å². The summed E-state index contributed by atoms with van der Waals surface area (Å²) in [5.41, 5.74) is 1.28. The lowest BCUT2D eigenvalue weighted by Crippen LogP contribution is -2.00. The Morgan fingerprint density at radius 3 is 2.85 bits per heavy atom. The number of halogens is 2. The van der Waals surface area contributed by atoms with Gasteiger partial charge in [-0.15, -0.1) is 0 Å². The first-order valence-corrected chi connectivity index (χ1v) is 6.18. The molecule has 0 aliphatic rings. The van der Waals surface area contributed by atoms with Gasteiger partial charge in [-0.05, 0) is 54.2 Å². The molecule has 0 fully saturated rings. The molecule has 0 spiro atoms. The van der Waals surface area contributed by atoms with Crippen LogP contribution >= 0.6 is 43.2 Å². The van der Waals surface area contributed by atoms with Gasteiger partial charge in [-0.3, -0.25) is 4.68 Å². The molecule has 2 nitrogen and oxygen atoms in total. The first-order valence-electron chi connectivity index (χ1n) is 3.65. The highest BCUT2D eigenvalue weighted by molar-refractivity contribution is 9.11. The molecule has 0 radical (unpaired) electrons. The van der Waals surface area contributed by atoms with Crippen LogP contribution in [-0.2, 0) is 6.54 Å². The lowest BCUT2D eigenvalue weighted by Gasteiger charge is -1.99. The van der Waals surface area contributed by atoms with Gasteiger partial charge in [-0.25, -0.2) is 0 Å². The monoisotopic (exact) mass is 320 g/mol. The van der Waals surface area contributed by atoms with Crippen molar-refractivity contribution in [1.82, 2.24) is 9.78 Å². The summed E-state index contributed by atoms with van der Waals surface area (Å²) in [6, 6.07) is 4.04. The van der Waals surface area contributed by atoms with Crippen molar-refractivity contribution in [2.24, 2.45) is 0 Å². The fourth-order valence-electron chi connectivity index (χ4n) is 1.03. The molecule has 0 aliphatic carbocycles. The fourth-order valence-corrected chi connectivity index (χ4v) is 2.83. The van der Waals surface area contributed by atoms with E-state index in [1.165, 1.54) is 5.56 Å². The van der Waals surface area contributed by atoms with E-state index in [9.17, 15) is 0 Å². The van der Waals surface area contributed by atoms with Gasteiger partial charge in [-0.1, -0.05) is 0 Å². The molecule has 0 N–H and O–H groups in total. The Morgan fingerprint density at radius 1 is 1.46 bits per heavy atom. The van der Waals surface area contributed by atoms with Crippen LogP contribution < -0.4 is 0 Å². The average Bonchev–Trinajstić information content (AvgIpc) is 2.63. The molecule has 0 aromatic carbocycles. The Kier molecular flexibility index (Phi) is 2.86. The van der Waals surface area contributed by atoms with Gasteiger partial charge in [0.1, 0.15) is 9.21 Å². The van der Waals surface area contributed by atoms with Crippen LogP contribution in [0.1, 0.15) is 5.56 Å². The summed E-state index contributed by atoms with van der Waals surface area (Å²) < 4.78 is 3.76. The molecule has 0 unspecified atom stereocenters. The second kappa shape index (κ2) is 3.94. The molecule has 0 aliphatic heterocycles. The summed E-state index contributed by atoms with van der Waals surface area (Å²) in [4.78, 5) is 0. The maximum absolute atomic E-state index is 4.28. The van der Waals surface area contributed by atoms with Crippen molar-refractivity contribution in [2.75, 3.05) is 0 Å². The maximum atomic E-state index is 4.28. The molecule has 0 bridgehead atoms. The van der Waals surface area contributed by atoms with Crippen molar-refractivity contribution in [3.8, 4) is 0 Å². The number of nitrogens with zero attached hydrogens (tertiary/aromatic N) is 2. The molecule has 2 heterocycles. The van der Waals surface area contributed by atoms with Gasteiger partial charge in [0.05, 0.1) is 6.54 Å². The molecule has 68 valence electrons. The molecule has 0 saturated heterocycles. The Hall–Kier alpha value is -0.130. The van der Waals surface area contributed by atoms with Gasteiger partial charge < -0.3 is 0 Å². The van der Waals surface area contributed by atoms with Crippen molar-refractivity contribution >= 4 is 43.2 Å². The van der Waals surface area contributed by atoms with Gasteiger partial charge >= 0.3 is 0 Å². The summed E-state index contributed by atoms with van der Waals surface area (Å²) >= 11 is 8.47. The smallest absolute Gasteiger partial charge is 0.129 e. The number of hydrogen-bond donors (Lipinski definition) is 0. The zero-order valence-corrected chi connectivity index (χ0v) is 10.6. The van der Waals surface area contributed by atoms with Crippen LogP contribution in [0.2, 0.25) is 0 Å². The fraction of sp³-hybridized carbons (Fsp3) is 0.125. The Balaban J connectivity index is 2.23. The molecule has 2 rings (SSSR count). The van der Waals surface area contributed by atoms with Gasteiger partial charge in [0.15, 0.2) is 0 Å². The number of aromatic nitrogens is 2. The molecule has 13 heavy (non-hydrogen) atoms. The third kappa shape index (κ3) is 2.21. The second-order valence-corrected chi connectivity index (χ2v) is 4.98. The predicted octanol–water partition coefficient (Wildman–Crippen LogP) is 3.52. The normalized spacial score (nSPS) is 10.6. The number of hydrogen-bond acceptors (Lipinski definition) is 2. The largest absolute Gasteiger partial charge is 0.253 e. The Labute approximate surface area is 96.8 Å². The minimum Gasteiger partial charge on any atom is -0.253 e. The van der Waals surface area contributed by atoms with Crippen molar-refractivity contribution in [2.45, 2.75) is 6.54 Å². The zero-order chi connectivity index (χ0) is 9.26. The van der Waals surface area contributed by atoms with Crippen molar-refractivity contribution < 1.29 is 0 Å². The third-order valence-corrected chi connectivity index (χ3v) is 3.37. The van der Waals surface area contributed by atoms with E-state index in [-0.39, 0.29) is 0 Å². The van der Waals surface area contributed by atoms with Crippen LogP contribution in [0.25, 0.3) is 0 Å². The molecular formula is C8H6Br2N2S. The summed E-state index contributed by atoms with van der Waals surface area (Å²) in [6.07, 6.45) is 0. The van der Waals surface area contributed by atoms with Crippen molar-refractivity contribution in [1.29, 1.82) is 0 Å². The standard InChI is InChI=1S/C8H6Br2N2S/c9-7-3-8(10)12(11-7)4-6-1-2-13-5-6/h1-3,5H,4H2. The highest BCUT2D eigenvalue weighted by Gasteiger charge is 2.03. The van der Waals surface area contributed by atoms with E-state index in [0.29, 0.717) is 0 Å². The van der Waals surface area contributed by atoms with Crippen LogP contribution in [-0.4, -0.2) is 9.78 Å². The minimum absolute atomic E-state index is 0.815. The van der Waals surface area contributed by atoms with E-state index < -0.39 is 0 Å². The van der Waals surface area contributed by atoms with Crippen LogP contribution in [0.5, 0.6) is 0 Å². The predicted molar refractivity (Wildman–Crippen MR) is 61.0 cm³/mol. The first kappa shape index (κ1) is 9.43. The van der Waals surface area contributed by atoms with E-state index in [4.69, 9.17) is 0 Å². The van der Waals surface area contributed by atoms with E-state index >= 15 is 0 Å². The SMILES string of the molecule is Brc1cc(Br)n(Cc2ccsc2)n1. The average molecular weight is 322 g/mol. The van der Waals surface area contributed by atoms with Crippen molar-refractivity contribution in [3.63, 3.8) is 0 Å². The van der Waals surface area contributed by atoms with Crippen LogP contribution in [0.3, 0.4) is 0 Å². The Bertz CT molecular complexity index is 394. The highest BCUT2D eigenvalue weighted by atomic mass is 79.9. The minimum atomic E-state index is 0.815. The van der Waals surface area contributed by atoms with Gasteiger partial charge in [0.25, 0.3) is 0 Å². The summed E-state index contributed by atoms with van der Waals surface area (Å²) in [5, 5.41) is 8.47. The van der Waals surface area contributed by atoms with E-state index in [1.807, 2.05) is 10.7 Å². The highest BCUT2D eigenvalue weighted by Crippen LogP contribution is 2.18. The molecule has 0 amide bonds. The second-order valence-electron chi connectivity index (χ2n) is 2.58. The molecule has 0 atom stereocenters. The molecular weight excluding hydrogens is 316 g/mol. The quantitative estimate of drug-likeness (QED) is 0.827. The topological polar surface area (TPSA) is 17.8 Å². The molecule has 2 aromatic rings. The van der Waals surface area contributed by atoms with Crippen molar-refractivity contribution in [3.05, 3.63) is 37.7 Å². The maximum Gasteiger partial charge on any atom is 0.129 e. The zero-order valence-electron chi connectivity index (χ0n) is 6.58. The van der Waals surface area contributed by atoms with Gasteiger partial charge in [0, 0.05) is 6.07 Å².